The highest BCUT2D eigenvalue weighted by molar-refractivity contribution is 5.81. The van der Waals surface area contributed by atoms with Crippen molar-refractivity contribution >= 4 is 5.91 Å². The van der Waals surface area contributed by atoms with E-state index in [4.69, 9.17) is 4.74 Å². The highest BCUT2D eigenvalue weighted by Crippen LogP contribution is 2.29. The molecular formula is C29H34N2O2. The molecule has 33 heavy (non-hydrogen) atoms. The van der Waals surface area contributed by atoms with Crippen LogP contribution in [0.3, 0.4) is 0 Å². The lowest BCUT2D eigenvalue weighted by Crippen LogP contribution is -2.53. The summed E-state index contributed by atoms with van der Waals surface area (Å²) in [6, 6.07) is 29.6. The molecule has 172 valence electrons. The number of piperazine rings is 1. The fourth-order valence-corrected chi connectivity index (χ4v) is 4.57. The lowest BCUT2D eigenvalue weighted by molar-refractivity contribution is -0.140. The van der Waals surface area contributed by atoms with Gasteiger partial charge in [-0.2, -0.15) is 0 Å². The average molecular weight is 443 g/mol. The summed E-state index contributed by atoms with van der Waals surface area (Å²) in [6.45, 7) is 7.24. The third-order valence-corrected chi connectivity index (χ3v) is 6.48. The van der Waals surface area contributed by atoms with Crippen LogP contribution in [-0.4, -0.2) is 48.0 Å². The van der Waals surface area contributed by atoms with Crippen molar-refractivity contribution in [3.63, 3.8) is 0 Å². The maximum absolute atomic E-state index is 13.3. The zero-order valence-corrected chi connectivity index (χ0v) is 19.7. The minimum atomic E-state index is -0.442. The lowest BCUT2D eigenvalue weighted by atomic mass is 9.96. The Kier molecular flexibility index (Phi) is 7.79. The number of ether oxygens (including phenoxy) is 1. The van der Waals surface area contributed by atoms with Crippen LogP contribution in [0.1, 0.15) is 43.0 Å². The Balaban J connectivity index is 1.42. The molecule has 4 heteroatoms. The van der Waals surface area contributed by atoms with Gasteiger partial charge in [-0.15, -0.1) is 0 Å². The molecule has 0 saturated carbocycles. The van der Waals surface area contributed by atoms with E-state index in [9.17, 15) is 4.79 Å². The van der Waals surface area contributed by atoms with Crippen LogP contribution in [0.4, 0.5) is 0 Å². The van der Waals surface area contributed by atoms with E-state index in [1.54, 1.807) is 0 Å². The van der Waals surface area contributed by atoms with Crippen LogP contribution in [-0.2, 0) is 11.2 Å². The van der Waals surface area contributed by atoms with Crippen LogP contribution in [0.5, 0.6) is 5.75 Å². The monoisotopic (exact) mass is 442 g/mol. The Hall–Kier alpha value is -3.11. The zero-order chi connectivity index (χ0) is 23.0. The minimum Gasteiger partial charge on any atom is -0.481 e. The van der Waals surface area contributed by atoms with Gasteiger partial charge in [-0.3, -0.25) is 9.69 Å². The summed E-state index contributed by atoms with van der Waals surface area (Å²) in [5.74, 6) is 0.854. The maximum Gasteiger partial charge on any atom is 0.263 e. The Morgan fingerprint density at radius 1 is 0.788 bits per heavy atom. The van der Waals surface area contributed by atoms with Crippen molar-refractivity contribution < 1.29 is 9.53 Å². The first kappa shape index (κ1) is 23.1. The van der Waals surface area contributed by atoms with Gasteiger partial charge in [0.15, 0.2) is 6.10 Å². The van der Waals surface area contributed by atoms with Gasteiger partial charge < -0.3 is 9.64 Å². The van der Waals surface area contributed by atoms with Gasteiger partial charge in [-0.25, -0.2) is 0 Å². The van der Waals surface area contributed by atoms with Gasteiger partial charge in [0, 0.05) is 26.2 Å². The van der Waals surface area contributed by atoms with Crippen LogP contribution < -0.4 is 4.74 Å². The van der Waals surface area contributed by atoms with Crippen LogP contribution in [0.15, 0.2) is 84.9 Å². The van der Waals surface area contributed by atoms with E-state index in [2.05, 4.69) is 84.6 Å². The first-order chi connectivity index (χ1) is 16.2. The van der Waals surface area contributed by atoms with Crippen molar-refractivity contribution in [2.75, 3.05) is 26.2 Å². The van der Waals surface area contributed by atoms with Gasteiger partial charge in [0.2, 0.25) is 0 Å². The normalized spacial score (nSPS) is 15.4. The predicted octanol–water partition coefficient (Wildman–Crippen LogP) is 5.34. The summed E-state index contributed by atoms with van der Waals surface area (Å²) >= 11 is 0. The Bertz CT molecular complexity index is 957. The maximum atomic E-state index is 13.3. The first-order valence-electron chi connectivity index (χ1n) is 12.1. The van der Waals surface area contributed by atoms with E-state index in [-0.39, 0.29) is 11.9 Å². The molecule has 1 heterocycles. The molecule has 1 unspecified atom stereocenters. The molecule has 0 bridgehead atoms. The quantitative estimate of drug-likeness (QED) is 0.472. The minimum absolute atomic E-state index is 0.0905. The van der Waals surface area contributed by atoms with Gasteiger partial charge in [0.1, 0.15) is 5.75 Å². The van der Waals surface area contributed by atoms with Crippen LogP contribution in [0.2, 0.25) is 0 Å². The van der Waals surface area contributed by atoms with Crippen molar-refractivity contribution in [1.82, 2.24) is 9.80 Å². The Labute approximate surface area is 197 Å². The van der Waals surface area contributed by atoms with E-state index < -0.39 is 6.10 Å². The fraction of sp³-hybridized carbons (Fsp3) is 0.345. The Morgan fingerprint density at radius 2 is 1.33 bits per heavy atom. The number of hydrogen-bond donors (Lipinski definition) is 0. The van der Waals surface area contributed by atoms with Crippen molar-refractivity contribution in [3.8, 4) is 5.75 Å². The number of carbonyl (C=O) groups is 1. The standard InChI is InChI=1S/C29H34N2O2/c1-3-23-15-17-26(18-16-23)33-27(4-2)29(32)31-21-19-30(20-22-31)28(24-11-7-5-8-12-24)25-13-9-6-10-14-25/h5-18,27-28H,3-4,19-22H2,1-2H3. The average Bonchev–Trinajstić information content (AvgIpc) is 2.89. The highest BCUT2D eigenvalue weighted by atomic mass is 16.5. The molecule has 0 N–H and O–H groups in total. The number of nitrogens with zero attached hydrogens (tertiary/aromatic N) is 2. The van der Waals surface area contributed by atoms with Crippen LogP contribution >= 0.6 is 0 Å². The molecule has 1 atom stereocenters. The van der Waals surface area contributed by atoms with E-state index in [1.165, 1.54) is 16.7 Å². The van der Waals surface area contributed by atoms with Crippen molar-refractivity contribution in [2.45, 2.75) is 38.8 Å². The fourth-order valence-electron chi connectivity index (χ4n) is 4.57. The van der Waals surface area contributed by atoms with Crippen molar-refractivity contribution in [1.29, 1.82) is 0 Å². The summed E-state index contributed by atoms with van der Waals surface area (Å²) in [4.78, 5) is 17.7. The summed E-state index contributed by atoms with van der Waals surface area (Å²) < 4.78 is 6.09. The SMILES string of the molecule is CCc1ccc(OC(CC)C(=O)N2CCN(C(c3ccccc3)c3ccccc3)CC2)cc1. The first-order valence-corrected chi connectivity index (χ1v) is 12.1. The van der Waals surface area contributed by atoms with Gasteiger partial charge >= 0.3 is 0 Å². The number of hydrogen-bond acceptors (Lipinski definition) is 3. The molecular weight excluding hydrogens is 408 g/mol. The van der Waals surface area contributed by atoms with E-state index in [1.807, 2.05) is 24.0 Å². The molecule has 3 aromatic rings. The van der Waals surface area contributed by atoms with E-state index in [0.29, 0.717) is 19.5 Å². The Morgan fingerprint density at radius 3 is 1.82 bits per heavy atom. The molecule has 0 spiro atoms. The molecule has 4 rings (SSSR count). The summed E-state index contributed by atoms with van der Waals surface area (Å²) in [5.41, 5.74) is 3.84. The number of aryl methyl sites for hydroxylation is 1. The van der Waals surface area contributed by atoms with E-state index >= 15 is 0 Å². The highest BCUT2D eigenvalue weighted by Gasteiger charge is 2.31. The lowest BCUT2D eigenvalue weighted by Gasteiger charge is -2.40. The van der Waals surface area contributed by atoms with Gasteiger partial charge in [-0.05, 0) is 41.7 Å². The second kappa shape index (κ2) is 11.2. The van der Waals surface area contributed by atoms with E-state index in [0.717, 1.165) is 25.3 Å². The molecule has 1 amide bonds. The molecule has 0 aliphatic carbocycles. The molecule has 1 fully saturated rings. The molecule has 4 nitrogen and oxygen atoms in total. The smallest absolute Gasteiger partial charge is 0.263 e. The summed E-state index contributed by atoms with van der Waals surface area (Å²) in [5, 5.41) is 0. The van der Waals surface area contributed by atoms with Gasteiger partial charge in [0.05, 0.1) is 6.04 Å². The summed E-state index contributed by atoms with van der Waals surface area (Å²) in [6.07, 6.45) is 1.21. The van der Waals surface area contributed by atoms with Crippen molar-refractivity contribution in [3.05, 3.63) is 102 Å². The van der Waals surface area contributed by atoms with Crippen molar-refractivity contribution in [2.24, 2.45) is 0 Å². The molecule has 0 radical (unpaired) electrons. The largest absolute Gasteiger partial charge is 0.481 e. The molecule has 3 aromatic carbocycles. The summed E-state index contributed by atoms with van der Waals surface area (Å²) in [7, 11) is 0. The zero-order valence-electron chi connectivity index (χ0n) is 19.7. The molecule has 0 aromatic heterocycles. The third kappa shape index (κ3) is 5.63. The molecule has 1 aliphatic rings. The van der Waals surface area contributed by atoms with Crippen LogP contribution in [0, 0.1) is 0 Å². The predicted molar refractivity (Wildman–Crippen MR) is 133 cm³/mol. The number of amides is 1. The second-order valence-corrected chi connectivity index (χ2v) is 8.60. The van der Waals surface area contributed by atoms with Crippen LogP contribution in [0.25, 0.3) is 0 Å². The number of carbonyl (C=O) groups excluding carboxylic acids is 1. The van der Waals surface area contributed by atoms with Gasteiger partial charge in [-0.1, -0.05) is 86.6 Å². The topological polar surface area (TPSA) is 32.8 Å². The second-order valence-electron chi connectivity index (χ2n) is 8.60. The number of benzene rings is 3. The van der Waals surface area contributed by atoms with Gasteiger partial charge in [0.25, 0.3) is 5.91 Å². The molecule has 1 saturated heterocycles. The molecule has 1 aliphatic heterocycles. The number of rotatable bonds is 8. The third-order valence-electron chi connectivity index (χ3n) is 6.48.